The van der Waals surface area contributed by atoms with Crippen molar-refractivity contribution in [3.05, 3.63) is 40.3 Å². The molecule has 1 heterocycles. The third-order valence-electron chi connectivity index (χ3n) is 3.21. The highest BCUT2D eigenvalue weighted by molar-refractivity contribution is 6.39. The first-order valence-corrected chi connectivity index (χ1v) is 8.39. The van der Waals surface area contributed by atoms with E-state index < -0.39 is 23.7 Å². The summed E-state index contributed by atoms with van der Waals surface area (Å²) >= 11 is 12.3. The van der Waals surface area contributed by atoms with Gasteiger partial charge in [-0.15, -0.1) is 0 Å². The molecule has 25 heavy (non-hydrogen) atoms. The quantitative estimate of drug-likeness (QED) is 0.759. The molecule has 0 aliphatic rings. The predicted octanol–water partition coefficient (Wildman–Crippen LogP) is 3.74. The molecule has 0 aliphatic carbocycles. The Hall–Kier alpha value is -1.60. The van der Waals surface area contributed by atoms with Crippen LogP contribution in [0.5, 0.6) is 0 Å². The van der Waals surface area contributed by atoms with Gasteiger partial charge in [0.1, 0.15) is 11.7 Å². The molecule has 6 nitrogen and oxygen atoms in total. The van der Waals surface area contributed by atoms with E-state index in [1.807, 2.05) is 0 Å². The number of aromatic nitrogens is 1. The normalized spacial score (nSPS) is 14.2. The molecule has 1 aromatic carbocycles. The van der Waals surface area contributed by atoms with Gasteiger partial charge in [-0.05, 0) is 32.9 Å². The fraction of sp³-hybridized carbons (Fsp3) is 0.412. The summed E-state index contributed by atoms with van der Waals surface area (Å²) in [5.74, 6) is -0.240. The van der Waals surface area contributed by atoms with E-state index in [0.29, 0.717) is 21.4 Å². The molecular weight excluding hydrogens is 367 g/mol. The molecule has 0 aliphatic heterocycles. The van der Waals surface area contributed by atoms with Crippen LogP contribution in [-0.4, -0.2) is 27.7 Å². The van der Waals surface area contributed by atoms with Gasteiger partial charge in [-0.25, -0.2) is 4.98 Å². The number of rotatable bonds is 5. The lowest BCUT2D eigenvalue weighted by Crippen LogP contribution is -2.34. The van der Waals surface area contributed by atoms with Crippen LogP contribution >= 0.6 is 23.2 Å². The fourth-order valence-electron chi connectivity index (χ4n) is 2.14. The SMILES string of the molecule is CC(C)(C)OC(=O)CC(N)C(O)c1ncc(-c2c(Cl)cccc2Cl)o1. The second-order valence-corrected chi connectivity index (χ2v) is 7.37. The summed E-state index contributed by atoms with van der Waals surface area (Å²) in [6.07, 6.45) is -0.0583. The van der Waals surface area contributed by atoms with E-state index in [4.69, 9.17) is 38.1 Å². The maximum Gasteiger partial charge on any atom is 0.307 e. The van der Waals surface area contributed by atoms with Crippen LogP contribution in [0.1, 0.15) is 39.2 Å². The topological polar surface area (TPSA) is 98.6 Å². The number of nitrogens with two attached hydrogens (primary N) is 1. The molecule has 0 saturated heterocycles. The Morgan fingerprint density at radius 3 is 2.52 bits per heavy atom. The second kappa shape index (κ2) is 7.74. The molecule has 0 spiro atoms. The van der Waals surface area contributed by atoms with Gasteiger partial charge in [-0.3, -0.25) is 4.79 Å². The Labute approximate surface area is 155 Å². The van der Waals surface area contributed by atoms with Crippen molar-refractivity contribution in [2.45, 2.75) is 44.9 Å². The van der Waals surface area contributed by atoms with Crippen LogP contribution in [0.4, 0.5) is 0 Å². The molecule has 2 rings (SSSR count). The molecule has 8 heteroatoms. The van der Waals surface area contributed by atoms with Gasteiger partial charge in [0.25, 0.3) is 0 Å². The van der Waals surface area contributed by atoms with Crippen LogP contribution in [0.3, 0.4) is 0 Å². The van der Waals surface area contributed by atoms with Crippen LogP contribution in [0.2, 0.25) is 10.0 Å². The molecule has 2 atom stereocenters. The molecule has 0 radical (unpaired) electrons. The number of aliphatic hydroxyl groups is 1. The second-order valence-electron chi connectivity index (χ2n) is 6.56. The molecule has 0 saturated carbocycles. The minimum absolute atomic E-state index is 0.0259. The maximum atomic E-state index is 11.8. The van der Waals surface area contributed by atoms with Crippen molar-refractivity contribution in [3.63, 3.8) is 0 Å². The Balaban J connectivity index is 2.12. The van der Waals surface area contributed by atoms with Crippen molar-refractivity contribution in [2.24, 2.45) is 5.73 Å². The van der Waals surface area contributed by atoms with Crippen molar-refractivity contribution in [2.75, 3.05) is 0 Å². The zero-order valence-electron chi connectivity index (χ0n) is 14.1. The zero-order valence-corrected chi connectivity index (χ0v) is 15.6. The predicted molar refractivity (Wildman–Crippen MR) is 95.4 cm³/mol. The van der Waals surface area contributed by atoms with E-state index >= 15 is 0 Å². The Kier molecular flexibility index (Phi) is 6.11. The van der Waals surface area contributed by atoms with Crippen LogP contribution in [-0.2, 0) is 9.53 Å². The van der Waals surface area contributed by atoms with E-state index in [1.165, 1.54) is 6.20 Å². The lowest BCUT2D eigenvalue weighted by Gasteiger charge is -2.22. The van der Waals surface area contributed by atoms with E-state index in [2.05, 4.69) is 4.98 Å². The average molecular weight is 387 g/mol. The minimum Gasteiger partial charge on any atom is -0.460 e. The number of halogens is 2. The number of hydrogen-bond acceptors (Lipinski definition) is 6. The maximum absolute atomic E-state index is 11.8. The van der Waals surface area contributed by atoms with Gasteiger partial charge in [0.05, 0.1) is 28.2 Å². The van der Waals surface area contributed by atoms with Crippen molar-refractivity contribution in [1.82, 2.24) is 4.98 Å². The third kappa shape index (κ3) is 5.19. The van der Waals surface area contributed by atoms with Gasteiger partial charge in [-0.1, -0.05) is 29.3 Å². The minimum atomic E-state index is -1.28. The van der Waals surface area contributed by atoms with E-state index in [9.17, 15) is 9.90 Å². The van der Waals surface area contributed by atoms with Crippen LogP contribution in [0, 0.1) is 0 Å². The number of benzene rings is 1. The molecule has 0 bridgehead atoms. The van der Waals surface area contributed by atoms with Gasteiger partial charge in [0.15, 0.2) is 5.76 Å². The number of carbonyl (C=O) groups is 1. The number of nitrogens with zero attached hydrogens (tertiary/aromatic N) is 1. The number of esters is 1. The van der Waals surface area contributed by atoms with Crippen LogP contribution < -0.4 is 5.73 Å². The molecule has 0 fully saturated rings. The first-order valence-electron chi connectivity index (χ1n) is 7.64. The highest BCUT2D eigenvalue weighted by Crippen LogP contribution is 2.35. The molecule has 1 aromatic heterocycles. The summed E-state index contributed by atoms with van der Waals surface area (Å²) < 4.78 is 10.7. The van der Waals surface area contributed by atoms with Gasteiger partial charge in [-0.2, -0.15) is 0 Å². The first kappa shape index (κ1) is 19.7. The van der Waals surface area contributed by atoms with E-state index in [-0.39, 0.29) is 12.3 Å². The summed E-state index contributed by atoms with van der Waals surface area (Å²) in [6.45, 7) is 5.25. The zero-order chi connectivity index (χ0) is 18.8. The third-order valence-corrected chi connectivity index (χ3v) is 3.84. The van der Waals surface area contributed by atoms with Crippen LogP contribution in [0.15, 0.2) is 28.8 Å². The Bertz CT molecular complexity index is 735. The monoisotopic (exact) mass is 386 g/mol. The number of oxazole rings is 1. The van der Waals surface area contributed by atoms with Crippen molar-refractivity contribution < 1.29 is 19.1 Å². The lowest BCUT2D eigenvalue weighted by molar-refractivity contribution is -0.156. The summed E-state index contributed by atoms with van der Waals surface area (Å²) in [5.41, 5.74) is 5.72. The van der Waals surface area contributed by atoms with Gasteiger partial charge in [0.2, 0.25) is 5.89 Å². The number of carbonyl (C=O) groups excluding carboxylic acids is 1. The molecular formula is C17H20Cl2N2O4. The van der Waals surface area contributed by atoms with Gasteiger partial charge < -0.3 is 20.0 Å². The summed E-state index contributed by atoms with van der Waals surface area (Å²) in [7, 11) is 0. The summed E-state index contributed by atoms with van der Waals surface area (Å²) in [5, 5.41) is 11.1. The average Bonchev–Trinajstić information content (AvgIpc) is 2.93. The van der Waals surface area contributed by atoms with E-state index in [1.54, 1.807) is 39.0 Å². The molecule has 2 unspecified atom stereocenters. The molecule has 3 N–H and O–H groups in total. The Morgan fingerprint density at radius 1 is 1.36 bits per heavy atom. The number of aliphatic hydroxyl groups excluding tert-OH is 1. The summed E-state index contributed by atoms with van der Waals surface area (Å²) in [6, 6.07) is 4.10. The van der Waals surface area contributed by atoms with Crippen molar-refractivity contribution in [1.29, 1.82) is 0 Å². The first-order chi connectivity index (χ1) is 11.6. The summed E-state index contributed by atoms with van der Waals surface area (Å²) in [4.78, 5) is 15.8. The Morgan fingerprint density at radius 2 is 1.96 bits per heavy atom. The van der Waals surface area contributed by atoms with Crippen molar-refractivity contribution in [3.8, 4) is 11.3 Å². The smallest absolute Gasteiger partial charge is 0.307 e. The fourth-order valence-corrected chi connectivity index (χ4v) is 2.73. The number of hydrogen-bond donors (Lipinski definition) is 2. The highest BCUT2D eigenvalue weighted by Gasteiger charge is 2.27. The van der Waals surface area contributed by atoms with Crippen LogP contribution in [0.25, 0.3) is 11.3 Å². The molecule has 0 amide bonds. The van der Waals surface area contributed by atoms with Gasteiger partial charge >= 0.3 is 5.97 Å². The lowest BCUT2D eigenvalue weighted by atomic mass is 10.1. The molecule has 136 valence electrons. The molecule has 2 aromatic rings. The highest BCUT2D eigenvalue weighted by atomic mass is 35.5. The number of ether oxygens (including phenoxy) is 1. The van der Waals surface area contributed by atoms with E-state index in [0.717, 1.165) is 0 Å². The van der Waals surface area contributed by atoms with Gasteiger partial charge in [0, 0.05) is 6.04 Å². The van der Waals surface area contributed by atoms with Crippen molar-refractivity contribution >= 4 is 29.2 Å². The largest absolute Gasteiger partial charge is 0.460 e. The standard InChI is InChI=1S/C17H20Cl2N2O4/c1-17(2,3)25-13(22)7-11(20)15(23)16-21-8-12(24-16)14-9(18)5-4-6-10(14)19/h4-6,8,11,15,23H,7,20H2,1-3H3.